The molecule has 0 aliphatic carbocycles. The number of hydrogen-bond acceptors (Lipinski definition) is 6. The van der Waals surface area contributed by atoms with Crippen LogP contribution >= 0.6 is 0 Å². The van der Waals surface area contributed by atoms with Crippen LogP contribution in [-0.2, 0) is 0 Å². The van der Waals surface area contributed by atoms with E-state index in [1.54, 1.807) is 0 Å². The molecule has 0 unspecified atom stereocenters. The molecule has 0 amide bonds. The number of para-hydroxylation sites is 3. The van der Waals surface area contributed by atoms with Gasteiger partial charge in [0.05, 0.1) is 21.5 Å². The highest BCUT2D eigenvalue weighted by molar-refractivity contribution is 5.97. The topological polar surface area (TPSA) is 146 Å². The van der Waals surface area contributed by atoms with Crippen LogP contribution in [0, 0.1) is 25.4 Å². The van der Waals surface area contributed by atoms with E-state index in [1.165, 1.54) is 21.8 Å². The molecule has 4 aromatic carbocycles. The molecule has 0 atom stereocenters. The highest BCUT2D eigenvalue weighted by Crippen LogP contribution is 2.26. The van der Waals surface area contributed by atoms with Gasteiger partial charge in [-0.05, 0) is 36.4 Å². The molecule has 2 heterocycles. The first-order valence-electron chi connectivity index (χ1n) is 10.6. The van der Waals surface area contributed by atoms with Crippen LogP contribution in [0.1, 0.15) is 0 Å². The second-order valence-corrected chi connectivity index (χ2v) is 7.58. The second kappa shape index (κ2) is 10.3. The van der Waals surface area contributed by atoms with Crippen molar-refractivity contribution < 1.29 is 19.9 Å². The fourth-order valence-corrected chi connectivity index (χ4v) is 4.16. The maximum Gasteiger partial charge on any atom is 0.291 e. The van der Waals surface area contributed by atoms with Gasteiger partial charge < -0.3 is 20.5 Å². The average molecular weight is 482 g/mol. The van der Waals surface area contributed by atoms with Crippen LogP contribution in [0.5, 0.6) is 0 Å². The molecule has 0 radical (unpaired) electrons. The average Bonchev–Trinajstić information content (AvgIpc) is 2.85. The normalized spacial score (nSPS) is 10.3. The van der Waals surface area contributed by atoms with Gasteiger partial charge in [-0.3, -0.25) is 0 Å². The Balaban J connectivity index is 0.000000336. The molecule has 0 aliphatic rings. The number of nitrogens with zero attached hydrogens (tertiary/aromatic N) is 4. The van der Waals surface area contributed by atoms with Gasteiger partial charge in [0.2, 0.25) is 16.7 Å². The summed E-state index contributed by atoms with van der Waals surface area (Å²) in [5.41, 5.74) is 5.59. The summed E-state index contributed by atoms with van der Waals surface area (Å²) >= 11 is 0. The van der Waals surface area contributed by atoms with Crippen LogP contribution in [0.4, 0.5) is 0 Å². The molecular weight excluding hydrogens is 464 g/mol. The van der Waals surface area contributed by atoms with Crippen LogP contribution in [0.15, 0.2) is 103 Å². The molecule has 2 aromatic heterocycles. The minimum atomic E-state index is -1.75. The number of aromatic nitrogens is 2. The molecule has 10 nitrogen and oxygen atoms in total. The van der Waals surface area contributed by atoms with Gasteiger partial charge in [-0.25, -0.2) is 4.98 Å². The van der Waals surface area contributed by atoms with Crippen LogP contribution in [0.3, 0.4) is 0 Å². The van der Waals surface area contributed by atoms with E-state index in [9.17, 15) is 0 Å². The van der Waals surface area contributed by atoms with Gasteiger partial charge in [-0.1, -0.05) is 48.5 Å². The molecule has 0 bridgehead atoms. The standard InChI is InChI=1S/C26H17N2.HNO3.NO3/c1-4-11-22-18(8-1)17-21-23(27-22)12-7-15-26(21)28-24-13-5-2-9-19(24)16-20-10-3-6-14-25(20)28;2*2-1(3)4/h1-17H;(H,2,3,4);/q+1;;-1. The van der Waals surface area contributed by atoms with E-state index in [2.05, 4.69) is 102 Å². The highest BCUT2D eigenvalue weighted by Gasteiger charge is 2.20. The Bertz CT molecular complexity index is 1660. The minimum Gasteiger partial charge on any atom is -0.356 e. The summed E-state index contributed by atoms with van der Waals surface area (Å²) in [5, 5.41) is 33.2. The van der Waals surface area contributed by atoms with Crippen molar-refractivity contribution in [1.82, 2.24) is 4.98 Å². The zero-order chi connectivity index (χ0) is 25.7. The minimum absolute atomic E-state index is 1.01. The maximum atomic E-state index is 8.36. The van der Waals surface area contributed by atoms with E-state index in [1.807, 2.05) is 6.07 Å². The number of benzene rings is 4. The summed E-state index contributed by atoms with van der Waals surface area (Å²) in [6, 6.07) is 36.4. The third kappa shape index (κ3) is 5.07. The van der Waals surface area contributed by atoms with E-state index < -0.39 is 10.2 Å². The van der Waals surface area contributed by atoms with E-state index in [4.69, 9.17) is 35.6 Å². The first-order chi connectivity index (χ1) is 17.3. The SMILES string of the molecule is O=[N+]([O-])O.O=[N+]([O-])[O-].c1ccc2nc3cccc(-[n+]4c5ccccc5cc5ccccc54)c3cc2c1. The first kappa shape index (κ1) is 23.8. The molecule has 10 heteroatoms. The van der Waals surface area contributed by atoms with Crippen molar-refractivity contribution in [3.05, 3.63) is 129 Å². The van der Waals surface area contributed by atoms with Crippen molar-refractivity contribution in [1.29, 1.82) is 0 Å². The van der Waals surface area contributed by atoms with Gasteiger partial charge in [0, 0.05) is 34.4 Å². The fourth-order valence-electron chi connectivity index (χ4n) is 4.16. The van der Waals surface area contributed by atoms with Gasteiger partial charge in [0.15, 0.2) is 0 Å². The number of hydrogen-bond donors (Lipinski definition) is 1. The van der Waals surface area contributed by atoms with Gasteiger partial charge in [-0.15, -0.1) is 10.1 Å². The molecule has 6 aromatic rings. The van der Waals surface area contributed by atoms with Crippen LogP contribution in [-0.4, -0.2) is 20.4 Å². The Morgan fingerprint density at radius 2 is 1.11 bits per heavy atom. The highest BCUT2D eigenvalue weighted by atomic mass is 16.9. The lowest BCUT2D eigenvalue weighted by molar-refractivity contribution is -0.742. The Hall–Kier alpha value is -5.38. The Morgan fingerprint density at radius 1 is 0.639 bits per heavy atom. The monoisotopic (exact) mass is 482 g/mol. The lowest BCUT2D eigenvalue weighted by Gasteiger charge is -2.08. The summed E-state index contributed by atoms with van der Waals surface area (Å²) in [7, 11) is 0. The third-order valence-corrected chi connectivity index (χ3v) is 5.44. The molecule has 0 spiro atoms. The quantitative estimate of drug-likeness (QED) is 0.143. The maximum absolute atomic E-state index is 8.36. The van der Waals surface area contributed by atoms with Gasteiger partial charge in [0.25, 0.3) is 5.09 Å². The molecule has 0 saturated heterocycles. The van der Waals surface area contributed by atoms with Gasteiger partial charge >= 0.3 is 0 Å². The van der Waals surface area contributed by atoms with Crippen molar-refractivity contribution in [2.24, 2.45) is 0 Å². The van der Waals surface area contributed by atoms with Crippen molar-refractivity contribution in [3.8, 4) is 5.69 Å². The zero-order valence-corrected chi connectivity index (χ0v) is 18.6. The Labute approximate surface area is 203 Å². The van der Waals surface area contributed by atoms with Crippen LogP contribution in [0.2, 0.25) is 0 Å². The molecule has 1 N–H and O–H groups in total. The van der Waals surface area contributed by atoms with Crippen molar-refractivity contribution >= 4 is 43.6 Å². The molecule has 0 aliphatic heterocycles. The summed E-state index contributed by atoms with van der Waals surface area (Å²) in [6.45, 7) is 0. The summed E-state index contributed by atoms with van der Waals surface area (Å²) < 4.78 is 2.36. The summed E-state index contributed by atoms with van der Waals surface area (Å²) in [6.07, 6.45) is 0. The van der Waals surface area contributed by atoms with E-state index in [0.717, 1.165) is 27.5 Å². The molecule has 6 rings (SSSR count). The van der Waals surface area contributed by atoms with Crippen LogP contribution < -0.4 is 4.57 Å². The van der Waals surface area contributed by atoms with E-state index in [0.29, 0.717) is 0 Å². The summed E-state index contributed by atoms with van der Waals surface area (Å²) in [5.74, 6) is 0. The lowest BCUT2D eigenvalue weighted by atomic mass is 10.1. The summed E-state index contributed by atoms with van der Waals surface area (Å²) in [4.78, 5) is 21.5. The smallest absolute Gasteiger partial charge is 0.291 e. The molecule has 0 fully saturated rings. The number of fused-ring (bicyclic) bond motifs is 4. The second-order valence-electron chi connectivity index (χ2n) is 7.58. The van der Waals surface area contributed by atoms with E-state index >= 15 is 0 Å². The van der Waals surface area contributed by atoms with Gasteiger partial charge in [-0.2, -0.15) is 4.57 Å². The van der Waals surface area contributed by atoms with E-state index in [-0.39, 0.29) is 0 Å². The van der Waals surface area contributed by atoms with Gasteiger partial charge in [0.1, 0.15) is 0 Å². The molecule has 178 valence electrons. The van der Waals surface area contributed by atoms with Crippen molar-refractivity contribution in [2.45, 2.75) is 0 Å². The fraction of sp³-hybridized carbons (Fsp3) is 0. The predicted molar refractivity (Wildman–Crippen MR) is 135 cm³/mol. The first-order valence-corrected chi connectivity index (χ1v) is 10.6. The van der Waals surface area contributed by atoms with Crippen LogP contribution in [0.25, 0.3) is 49.3 Å². The number of pyridine rings is 2. The largest absolute Gasteiger partial charge is 0.356 e. The lowest BCUT2D eigenvalue weighted by Crippen LogP contribution is -2.33. The molecule has 36 heavy (non-hydrogen) atoms. The van der Waals surface area contributed by atoms with Crippen molar-refractivity contribution in [2.75, 3.05) is 0 Å². The Kier molecular flexibility index (Phi) is 6.78. The number of rotatable bonds is 1. The molecule has 0 saturated carbocycles. The predicted octanol–water partition coefficient (Wildman–Crippen LogP) is 5.38. The molecular formula is C26H18N4O6. The van der Waals surface area contributed by atoms with Crippen molar-refractivity contribution in [3.63, 3.8) is 0 Å². The third-order valence-electron chi connectivity index (χ3n) is 5.44. The Morgan fingerprint density at radius 3 is 1.69 bits per heavy atom. The zero-order valence-electron chi connectivity index (χ0n) is 18.6.